The quantitative estimate of drug-likeness (QED) is 0.742. The van der Waals surface area contributed by atoms with Crippen molar-refractivity contribution in [3.05, 3.63) is 65.4 Å². The Hall–Kier alpha value is -3.13. The Morgan fingerprint density at radius 3 is 2.83 bits per heavy atom. The number of nitrogens with zero attached hydrogens (tertiary/aromatic N) is 4. The summed E-state index contributed by atoms with van der Waals surface area (Å²) in [5.74, 6) is 0.771. The maximum absolute atomic E-state index is 9.24. The first-order valence-corrected chi connectivity index (χ1v) is 7.24. The molecule has 0 radical (unpaired) electrons. The summed E-state index contributed by atoms with van der Waals surface area (Å²) in [7, 11) is 1.65. The molecule has 0 saturated carbocycles. The average Bonchev–Trinajstić information content (AvgIpc) is 3.03. The molecule has 2 aromatic carbocycles. The van der Waals surface area contributed by atoms with Crippen LogP contribution in [0.5, 0.6) is 5.75 Å². The molecule has 0 aliphatic rings. The number of aromatic nitrogens is 3. The van der Waals surface area contributed by atoms with Gasteiger partial charge in [0.2, 0.25) is 0 Å². The van der Waals surface area contributed by atoms with E-state index in [4.69, 9.17) is 4.74 Å². The normalized spacial score (nSPS) is 10.3. The minimum absolute atomic E-state index is 0.482. The zero-order valence-corrected chi connectivity index (χ0v) is 13.0. The molecule has 0 spiro atoms. The monoisotopic (exact) mass is 304 g/mol. The molecule has 0 amide bonds. The minimum Gasteiger partial charge on any atom is -0.496 e. The highest BCUT2D eigenvalue weighted by molar-refractivity contribution is 5.67. The third kappa shape index (κ3) is 2.92. The highest BCUT2D eigenvalue weighted by Gasteiger charge is 2.13. The van der Waals surface area contributed by atoms with Crippen LogP contribution in [0, 0.1) is 18.3 Å². The smallest absolute Gasteiger partial charge is 0.128 e. The zero-order chi connectivity index (χ0) is 16.2. The molecule has 0 N–H and O–H groups in total. The summed E-state index contributed by atoms with van der Waals surface area (Å²) in [6.45, 7) is 2.51. The number of rotatable bonds is 4. The number of methoxy groups -OCH3 is 1. The molecule has 0 atom stereocenters. The van der Waals surface area contributed by atoms with E-state index in [-0.39, 0.29) is 0 Å². The Kier molecular flexibility index (Phi) is 4.07. The molecule has 0 fully saturated rings. The van der Waals surface area contributed by atoms with Gasteiger partial charge in [0.05, 0.1) is 37.2 Å². The van der Waals surface area contributed by atoms with E-state index in [1.54, 1.807) is 24.1 Å². The predicted molar refractivity (Wildman–Crippen MR) is 87.0 cm³/mol. The van der Waals surface area contributed by atoms with Crippen LogP contribution in [0.2, 0.25) is 0 Å². The van der Waals surface area contributed by atoms with Crippen molar-refractivity contribution < 1.29 is 4.74 Å². The molecule has 1 aromatic heterocycles. The van der Waals surface area contributed by atoms with Gasteiger partial charge in [-0.15, -0.1) is 5.10 Å². The van der Waals surface area contributed by atoms with Crippen molar-refractivity contribution in [2.24, 2.45) is 0 Å². The molecule has 5 heteroatoms. The second-order valence-corrected chi connectivity index (χ2v) is 5.25. The highest BCUT2D eigenvalue weighted by atomic mass is 16.5. The van der Waals surface area contributed by atoms with E-state index in [1.165, 1.54) is 0 Å². The van der Waals surface area contributed by atoms with Crippen LogP contribution in [-0.2, 0) is 6.54 Å². The van der Waals surface area contributed by atoms with Crippen LogP contribution < -0.4 is 4.74 Å². The summed E-state index contributed by atoms with van der Waals surface area (Å²) in [5.41, 5.74) is 4.48. The predicted octanol–water partition coefficient (Wildman–Crippen LogP) is 3.18. The van der Waals surface area contributed by atoms with Crippen molar-refractivity contribution in [1.29, 1.82) is 5.26 Å². The highest BCUT2D eigenvalue weighted by Crippen LogP contribution is 2.30. The Bertz CT molecular complexity index is 877. The molecule has 3 aromatic rings. The summed E-state index contributed by atoms with van der Waals surface area (Å²) < 4.78 is 7.24. The van der Waals surface area contributed by atoms with Crippen molar-refractivity contribution in [2.45, 2.75) is 13.5 Å². The van der Waals surface area contributed by atoms with E-state index in [0.717, 1.165) is 28.1 Å². The Balaban J connectivity index is 2.04. The van der Waals surface area contributed by atoms with E-state index in [9.17, 15) is 5.26 Å². The first kappa shape index (κ1) is 14.8. The third-order valence-electron chi connectivity index (χ3n) is 3.71. The van der Waals surface area contributed by atoms with Gasteiger partial charge in [-0.2, -0.15) is 5.26 Å². The zero-order valence-electron chi connectivity index (χ0n) is 13.0. The average molecular weight is 304 g/mol. The molecule has 1 heterocycles. The molecule has 0 unspecified atom stereocenters. The van der Waals surface area contributed by atoms with Crippen LogP contribution in [0.3, 0.4) is 0 Å². The van der Waals surface area contributed by atoms with Crippen molar-refractivity contribution in [3.63, 3.8) is 0 Å². The fourth-order valence-corrected chi connectivity index (χ4v) is 2.53. The first-order valence-electron chi connectivity index (χ1n) is 7.24. The van der Waals surface area contributed by atoms with Crippen LogP contribution in [0.15, 0.2) is 48.7 Å². The fraction of sp³-hybridized carbons (Fsp3) is 0.167. The standard InChI is InChI=1S/C18H16N4O/c1-13-7-8-18(23-2)16(9-13)17-11-20-21-22(17)12-15-6-4-3-5-14(15)10-19/h3-9,11H,12H2,1-2H3. The van der Waals surface area contributed by atoms with Crippen LogP contribution in [0.25, 0.3) is 11.3 Å². The summed E-state index contributed by atoms with van der Waals surface area (Å²) >= 11 is 0. The maximum atomic E-state index is 9.24. The van der Waals surface area contributed by atoms with Gasteiger partial charge in [0.25, 0.3) is 0 Å². The summed E-state index contributed by atoms with van der Waals surface area (Å²) in [6.07, 6.45) is 1.71. The Morgan fingerprint density at radius 1 is 1.22 bits per heavy atom. The summed E-state index contributed by atoms with van der Waals surface area (Å²) in [4.78, 5) is 0. The van der Waals surface area contributed by atoms with Gasteiger partial charge < -0.3 is 4.74 Å². The number of benzene rings is 2. The molecule has 23 heavy (non-hydrogen) atoms. The van der Waals surface area contributed by atoms with Gasteiger partial charge in [-0.25, -0.2) is 4.68 Å². The minimum atomic E-state index is 0.482. The van der Waals surface area contributed by atoms with E-state index in [2.05, 4.69) is 16.4 Å². The van der Waals surface area contributed by atoms with E-state index >= 15 is 0 Å². The second-order valence-electron chi connectivity index (χ2n) is 5.25. The number of hydrogen-bond acceptors (Lipinski definition) is 4. The molecular weight excluding hydrogens is 288 g/mol. The van der Waals surface area contributed by atoms with Crippen molar-refractivity contribution in [1.82, 2.24) is 15.0 Å². The Labute approximate surface area is 134 Å². The van der Waals surface area contributed by atoms with E-state index in [1.807, 2.05) is 43.3 Å². The molecule has 0 saturated heterocycles. The lowest BCUT2D eigenvalue weighted by atomic mass is 10.1. The molecule has 0 aliphatic carbocycles. The van der Waals surface area contributed by atoms with Crippen molar-refractivity contribution >= 4 is 0 Å². The molecular formula is C18H16N4O. The van der Waals surface area contributed by atoms with Crippen molar-refractivity contribution in [3.8, 4) is 23.1 Å². The lowest BCUT2D eigenvalue weighted by Gasteiger charge is -2.11. The van der Waals surface area contributed by atoms with Gasteiger partial charge in [-0.1, -0.05) is 35.0 Å². The van der Waals surface area contributed by atoms with Crippen LogP contribution in [0.1, 0.15) is 16.7 Å². The van der Waals surface area contributed by atoms with Crippen LogP contribution in [-0.4, -0.2) is 22.1 Å². The number of hydrogen-bond donors (Lipinski definition) is 0. The molecule has 0 bridgehead atoms. The molecule has 114 valence electrons. The number of aryl methyl sites for hydroxylation is 1. The molecule has 5 nitrogen and oxygen atoms in total. The van der Waals surface area contributed by atoms with Crippen LogP contribution in [0.4, 0.5) is 0 Å². The van der Waals surface area contributed by atoms with E-state index in [0.29, 0.717) is 12.1 Å². The maximum Gasteiger partial charge on any atom is 0.128 e. The van der Waals surface area contributed by atoms with Crippen LogP contribution >= 0.6 is 0 Å². The second kappa shape index (κ2) is 6.32. The third-order valence-corrected chi connectivity index (χ3v) is 3.71. The molecule has 0 aliphatic heterocycles. The van der Waals surface area contributed by atoms with Crippen molar-refractivity contribution in [2.75, 3.05) is 7.11 Å². The van der Waals surface area contributed by atoms with Gasteiger partial charge >= 0.3 is 0 Å². The first-order chi connectivity index (χ1) is 11.2. The topological polar surface area (TPSA) is 63.7 Å². The largest absolute Gasteiger partial charge is 0.496 e. The molecule has 3 rings (SSSR count). The number of ether oxygens (including phenoxy) is 1. The number of nitriles is 1. The lowest BCUT2D eigenvalue weighted by Crippen LogP contribution is -2.06. The van der Waals surface area contributed by atoms with Gasteiger partial charge in [0.15, 0.2) is 0 Å². The lowest BCUT2D eigenvalue weighted by molar-refractivity contribution is 0.416. The van der Waals surface area contributed by atoms with E-state index < -0.39 is 0 Å². The van der Waals surface area contributed by atoms with Gasteiger partial charge in [-0.3, -0.25) is 0 Å². The van der Waals surface area contributed by atoms with Gasteiger partial charge in [0, 0.05) is 5.56 Å². The van der Waals surface area contributed by atoms with Gasteiger partial charge in [0.1, 0.15) is 5.75 Å². The Morgan fingerprint density at radius 2 is 2.04 bits per heavy atom. The fourth-order valence-electron chi connectivity index (χ4n) is 2.53. The summed E-state index contributed by atoms with van der Waals surface area (Å²) in [6, 6.07) is 15.7. The van der Waals surface area contributed by atoms with Gasteiger partial charge in [-0.05, 0) is 30.7 Å². The summed E-state index contributed by atoms with van der Waals surface area (Å²) in [5, 5.41) is 17.4. The SMILES string of the molecule is COc1ccc(C)cc1-c1cnnn1Cc1ccccc1C#N.